The number of carbonyl (C=O) groups is 1. The van der Waals surface area contributed by atoms with Crippen LogP contribution in [-0.4, -0.2) is 67.9 Å². The molecule has 1 aliphatic rings. The number of aliphatic carboxylic acids is 1. The predicted molar refractivity (Wildman–Crippen MR) is 57.6 cm³/mol. The van der Waals surface area contributed by atoms with Gasteiger partial charge in [-0.15, -0.1) is 0 Å². The van der Waals surface area contributed by atoms with Crippen LogP contribution < -0.4 is 4.72 Å². The number of methoxy groups -OCH3 is 1. The van der Waals surface area contributed by atoms with Gasteiger partial charge in [-0.05, 0) is 0 Å². The number of β-amino-alcohol motifs (C(OH)–C–C–N with tert-alkyl or cyclic N) is 1. The first kappa shape index (κ1) is 14.3. The van der Waals surface area contributed by atoms with Crippen molar-refractivity contribution >= 4 is 16.2 Å². The van der Waals surface area contributed by atoms with Gasteiger partial charge in [0.05, 0.1) is 12.7 Å². The third-order valence-electron chi connectivity index (χ3n) is 2.42. The molecule has 1 fully saturated rings. The van der Waals surface area contributed by atoms with Gasteiger partial charge in [-0.1, -0.05) is 0 Å². The Hall–Kier alpha value is -0.740. The van der Waals surface area contributed by atoms with E-state index in [-0.39, 0.29) is 26.1 Å². The van der Waals surface area contributed by atoms with Crippen LogP contribution in [0.5, 0.6) is 0 Å². The molecule has 0 bridgehead atoms. The van der Waals surface area contributed by atoms with Crippen LogP contribution in [0.2, 0.25) is 0 Å². The molecule has 2 atom stereocenters. The third-order valence-corrected chi connectivity index (χ3v) is 4.01. The first-order valence-corrected chi connectivity index (χ1v) is 6.48. The quantitative estimate of drug-likeness (QED) is 0.479. The van der Waals surface area contributed by atoms with Crippen molar-refractivity contribution in [2.75, 3.05) is 26.8 Å². The number of ether oxygens (including phenoxy) is 1. The van der Waals surface area contributed by atoms with Crippen molar-refractivity contribution in [3.63, 3.8) is 0 Å². The summed E-state index contributed by atoms with van der Waals surface area (Å²) in [5.74, 6) is -1.27. The van der Waals surface area contributed by atoms with Crippen molar-refractivity contribution in [2.24, 2.45) is 0 Å². The highest BCUT2D eigenvalue weighted by atomic mass is 32.2. The van der Waals surface area contributed by atoms with E-state index in [1.165, 1.54) is 7.11 Å². The van der Waals surface area contributed by atoms with Gasteiger partial charge in [0.2, 0.25) is 0 Å². The Morgan fingerprint density at radius 1 is 1.59 bits per heavy atom. The van der Waals surface area contributed by atoms with Crippen LogP contribution in [-0.2, 0) is 19.7 Å². The largest absolute Gasteiger partial charge is 0.480 e. The summed E-state index contributed by atoms with van der Waals surface area (Å²) in [6.07, 6.45) is -1.05. The second kappa shape index (κ2) is 5.74. The topological polar surface area (TPSA) is 116 Å². The molecule has 3 N–H and O–H groups in total. The summed E-state index contributed by atoms with van der Waals surface area (Å²) in [7, 11) is -2.47. The average molecular weight is 268 g/mol. The van der Waals surface area contributed by atoms with Crippen molar-refractivity contribution in [1.29, 1.82) is 0 Å². The first-order valence-electron chi connectivity index (χ1n) is 5.04. The maximum Gasteiger partial charge on any atom is 0.322 e. The fourth-order valence-corrected chi connectivity index (χ4v) is 3.02. The SMILES string of the molecule is COCCNS(=O)(=O)N1CC(O)CC1C(=O)O. The lowest BCUT2D eigenvalue weighted by molar-refractivity contribution is -0.140. The maximum atomic E-state index is 11.8. The molecule has 0 aromatic heterocycles. The third kappa shape index (κ3) is 3.61. The monoisotopic (exact) mass is 268 g/mol. The van der Waals surface area contributed by atoms with E-state index in [1.807, 2.05) is 0 Å². The van der Waals surface area contributed by atoms with Gasteiger partial charge < -0.3 is 14.9 Å². The summed E-state index contributed by atoms with van der Waals surface area (Å²) < 4.78 is 31.2. The molecule has 0 spiro atoms. The van der Waals surface area contributed by atoms with Gasteiger partial charge in [0.15, 0.2) is 0 Å². The van der Waals surface area contributed by atoms with Gasteiger partial charge in [0.1, 0.15) is 6.04 Å². The van der Waals surface area contributed by atoms with Crippen LogP contribution in [0.1, 0.15) is 6.42 Å². The lowest BCUT2D eigenvalue weighted by Gasteiger charge is -2.20. The molecule has 2 unspecified atom stereocenters. The molecule has 0 radical (unpaired) electrons. The Balaban J connectivity index is 2.72. The van der Waals surface area contributed by atoms with Crippen LogP contribution in [0, 0.1) is 0 Å². The highest BCUT2D eigenvalue weighted by Crippen LogP contribution is 2.20. The van der Waals surface area contributed by atoms with Crippen molar-refractivity contribution in [3.05, 3.63) is 0 Å². The fourth-order valence-electron chi connectivity index (χ4n) is 1.63. The first-order chi connectivity index (χ1) is 7.88. The summed E-state index contributed by atoms with van der Waals surface area (Å²) in [4.78, 5) is 10.9. The van der Waals surface area contributed by atoms with Crippen LogP contribution in [0.15, 0.2) is 0 Å². The summed E-state index contributed by atoms with van der Waals surface area (Å²) in [5, 5.41) is 18.2. The normalized spacial score (nSPS) is 26.2. The van der Waals surface area contributed by atoms with E-state index in [2.05, 4.69) is 9.46 Å². The molecule has 1 saturated heterocycles. The summed E-state index contributed by atoms with van der Waals surface area (Å²) in [6, 6.07) is -1.22. The molecule has 1 aliphatic heterocycles. The number of aliphatic hydroxyl groups excluding tert-OH is 1. The Morgan fingerprint density at radius 2 is 2.24 bits per heavy atom. The molecule has 0 aliphatic carbocycles. The van der Waals surface area contributed by atoms with Crippen molar-refractivity contribution in [3.8, 4) is 0 Å². The minimum absolute atomic E-state index is 0.0533. The summed E-state index contributed by atoms with van der Waals surface area (Å²) in [6.45, 7) is 0.0322. The van der Waals surface area contributed by atoms with E-state index in [9.17, 15) is 18.3 Å². The zero-order valence-corrected chi connectivity index (χ0v) is 10.2. The van der Waals surface area contributed by atoms with Gasteiger partial charge in [0, 0.05) is 26.6 Å². The van der Waals surface area contributed by atoms with Crippen LogP contribution in [0.25, 0.3) is 0 Å². The number of aliphatic hydroxyl groups is 1. The molecular formula is C8H16N2O6S. The standard InChI is InChI=1S/C8H16N2O6S/c1-16-3-2-9-17(14,15)10-5-6(11)4-7(10)8(12)13/h6-7,9,11H,2-5H2,1H3,(H,12,13). The highest BCUT2D eigenvalue weighted by molar-refractivity contribution is 7.87. The summed E-state index contributed by atoms with van der Waals surface area (Å²) >= 11 is 0. The van der Waals surface area contributed by atoms with Gasteiger partial charge >= 0.3 is 5.97 Å². The molecular weight excluding hydrogens is 252 g/mol. The van der Waals surface area contributed by atoms with E-state index in [0.717, 1.165) is 4.31 Å². The molecule has 8 nitrogen and oxygen atoms in total. The molecule has 0 saturated carbocycles. The zero-order chi connectivity index (χ0) is 13.1. The number of carboxylic acids is 1. The number of nitrogens with one attached hydrogen (secondary N) is 1. The Kier molecular flexibility index (Phi) is 4.83. The van der Waals surface area contributed by atoms with Crippen molar-refractivity contribution in [2.45, 2.75) is 18.6 Å². The Bertz CT molecular complexity index is 370. The van der Waals surface area contributed by atoms with Crippen LogP contribution in [0.4, 0.5) is 0 Å². The second-order valence-corrected chi connectivity index (χ2v) is 5.41. The van der Waals surface area contributed by atoms with E-state index in [0.29, 0.717) is 0 Å². The Morgan fingerprint density at radius 3 is 2.76 bits per heavy atom. The van der Waals surface area contributed by atoms with Gasteiger partial charge in [-0.2, -0.15) is 17.4 Å². The number of nitrogens with zero attached hydrogens (tertiary/aromatic N) is 1. The van der Waals surface area contributed by atoms with Gasteiger partial charge in [0.25, 0.3) is 10.2 Å². The number of rotatable bonds is 6. The Labute approximate surface area is 99.4 Å². The minimum Gasteiger partial charge on any atom is -0.480 e. The maximum absolute atomic E-state index is 11.8. The van der Waals surface area contributed by atoms with Crippen molar-refractivity contribution in [1.82, 2.24) is 9.03 Å². The second-order valence-electron chi connectivity index (χ2n) is 3.71. The molecule has 1 rings (SSSR count). The van der Waals surface area contributed by atoms with E-state index < -0.39 is 28.3 Å². The smallest absolute Gasteiger partial charge is 0.322 e. The van der Waals surface area contributed by atoms with E-state index in [1.54, 1.807) is 0 Å². The zero-order valence-electron chi connectivity index (χ0n) is 9.37. The molecule has 1 heterocycles. The number of hydrogen-bond donors (Lipinski definition) is 3. The number of carboxylic acid groups (broad SMARTS) is 1. The lowest BCUT2D eigenvalue weighted by atomic mass is 10.2. The van der Waals surface area contributed by atoms with E-state index >= 15 is 0 Å². The number of hydrogen-bond acceptors (Lipinski definition) is 5. The predicted octanol–water partition coefficient (Wildman–Crippen LogP) is -2.01. The van der Waals surface area contributed by atoms with Gasteiger partial charge in [-0.25, -0.2) is 0 Å². The highest BCUT2D eigenvalue weighted by Gasteiger charge is 2.42. The van der Waals surface area contributed by atoms with E-state index in [4.69, 9.17) is 5.11 Å². The molecule has 0 aromatic carbocycles. The van der Waals surface area contributed by atoms with Crippen LogP contribution in [0.3, 0.4) is 0 Å². The fraction of sp³-hybridized carbons (Fsp3) is 0.875. The molecule has 0 aromatic rings. The molecule has 100 valence electrons. The average Bonchev–Trinajstić information content (AvgIpc) is 2.61. The minimum atomic E-state index is -3.90. The molecule has 9 heteroatoms. The summed E-state index contributed by atoms with van der Waals surface area (Å²) in [5.41, 5.74) is 0. The molecule has 17 heavy (non-hydrogen) atoms. The molecule has 0 amide bonds. The van der Waals surface area contributed by atoms with Crippen molar-refractivity contribution < 1.29 is 28.2 Å². The van der Waals surface area contributed by atoms with Gasteiger partial charge in [-0.3, -0.25) is 4.79 Å². The lowest BCUT2D eigenvalue weighted by Crippen LogP contribution is -2.47. The van der Waals surface area contributed by atoms with Crippen LogP contribution >= 0.6 is 0 Å².